The minimum absolute atomic E-state index is 0.103. The van der Waals surface area contributed by atoms with Crippen LogP contribution in [0.15, 0.2) is 15.3 Å². The Morgan fingerprint density at radius 2 is 2.11 bits per heavy atom. The van der Waals surface area contributed by atoms with E-state index in [1.54, 1.807) is 6.07 Å². The number of hydrogen-bond acceptors (Lipinski definition) is 4. The topological polar surface area (TPSA) is 70.6 Å². The third-order valence-corrected chi connectivity index (χ3v) is 5.79. The number of halogens is 1. The monoisotopic (exact) mass is 307 g/mol. The Labute approximate surface area is 115 Å². The first-order chi connectivity index (χ1) is 8.46. The molecule has 0 bridgehead atoms. The number of hydrogen-bond donors (Lipinski definition) is 2. The van der Waals surface area contributed by atoms with Crippen LogP contribution in [-0.4, -0.2) is 20.4 Å². The van der Waals surface area contributed by atoms with E-state index in [0.29, 0.717) is 10.0 Å². The fourth-order valence-electron chi connectivity index (χ4n) is 1.67. The van der Waals surface area contributed by atoms with Crippen LogP contribution in [0, 0.1) is 0 Å². The molecule has 1 aliphatic rings. The van der Waals surface area contributed by atoms with Crippen molar-refractivity contribution in [3.05, 3.63) is 10.4 Å². The lowest BCUT2D eigenvalue weighted by atomic mass is 10.2. The van der Waals surface area contributed by atoms with Gasteiger partial charge in [-0.3, -0.25) is 0 Å². The number of thiophene rings is 1. The average molecular weight is 308 g/mol. The number of aliphatic imine (C=N–C) groups is 1. The number of rotatable bonds is 3. The molecule has 2 N–H and O–H groups in total. The second-order valence-corrected chi connectivity index (χ2v) is 7.49. The standard InChI is InChI=1S/C10H14ClN3O2S2/c1-3-6(4-2)12-10-13-7-5-8(11)17-9(7)18(15,16)14-10/h5-6H,3-4H2,1-2H3,(H2,12,13,14). The molecule has 1 aliphatic heterocycles. The first kappa shape index (κ1) is 13.6. The summed E-state index contributed by atoms with van der Waals surface area (Å²) in [6.45, 7) is 4.03. The summed E-state index contributed by atoms with van der Waals surface area (Å²) < 4.78 is 27.0. The fraction of sp³-hybridized carbons (Fsp3) is 0.500. The first-order valence-corrected chi connectivity index (χ1v) is 8.31. The van der Waals surface area contributed by atoms with Gasteiger partial charge >= 0.3 is 0 Å². The molecule has 1 aromatic heterocycles. The van der Waals surface area contributed by atoms with Crippen molar-refractivity contribution >= 4 is 44.6 Å². The highest BCUT2D eigenvalue weighted by atomic mass is 35.5. The SMILES string of the molecule is CCC(CC)N=C1Nc2cc(Cl)sc2S(=O)(=O)N1. The molecule has 2 rings (SSSR count). The maximum absolute atomic E-state index is 12.0. The zero-order valence-electron chi connectivity index (χ0n) is 10.0. The minimum atomic E-state index is -3.54. The van der Waals surface area contributed by atoms with Gasteiger partial charge in [0.1, 0.15) is 0 Å². The lowest BCUT2D eigenvalue weighted by Gasteiger charge is -2.19. The van der Waals surface area contributed by atoms with Crippen LogP contribution in [0.25, 0.3) is 0 Å². The molecular formula is C10H14ClN3O2S2. The summed E-state index contributed by atoms with van der Waals surface area (Å²) in [4.78, 5) is 4.35. The molecule has 0 fully saturated rings. The lowest BCUT2D eigenvalue weighted by molar-refractivity contribution is 0.592. The summed E-state index contributed by atoms with van der Waals surface area (Å²) in [5.74, 6) is 0.269. The van der Waals surface area contributed by atoms with E-state index in [-0.39, 0.29) is 16.2 Å². The van der Waals surface area contributed by atoms with E-state index >= 15 is 0 Å². The molecule has 0 amide bonds. The van der Waals surface area contributed by atoms with E-state index in [4.69, 9.17) is 11.6 Å². The number of guanidine groups is 1. The van der Waals surface area contributed by atoms with Crippen molar-refractivity contribution in [3.8, 4) is 0 Å². The Bertz CT molecular complexity index is 576. The van der Waals surface area contributed by atoms with Crippen LogP contribution >= 0.6 is 22.9 Å². The van der Waals surface area contributed by atoms with E-state index in [9.17, 15) is 8.42 Å². The summed E-state index contributed by atoms with van der Waals surface area (Å²) >= 11 is 6.86. The molecule has 18 heavy (non-hydrogen) atoms. The second-order valence-electron chi connectivity index (χ2n) is 3.93. The highest BCUT2D eigenvalue weighted by Gasteiger charge is 2.29. The zero-order valence-corrected chi connectivity index (χ0v) is 12.4. The molecule has 2 heterocycles. The lowest BCUT2D eigenvalue weighted by Crippen LogP contribution is -2.40. The number of sulfonamides is 1. The largest absolute Gasteiger partial charge is 0.324 e. The Morgan fingerprint density at radius 3 is 2.72 bits per heavy atom. The van der Waals surface area contributed by atoms with Crippen molar-refractivity contribution < 1.29 is 8.42 Å². The Hall–Kier alpha value is -0.790. The van der Waals surface area contributed by atoms with Gasteiger partial charge < -0.3 is 5.32 Å². The molecule has 0 radical (unpaired) electrons. The number of nitrogens with zero attached hydrogens (tertiary/aromatic N) is 1. The summed E-state index contributed by atoms with van der Waals surface area (Å²) in [5.41, 5.74) is 0.494. The van der Waals surface area contributed by atoms with Gasteiger partial charge in [0.25, 0.3) is 10.0 Å². The predicted molar refractivity (Wildman–Crippen MR) is 75.1 cm³/mol. The summed E-state index contributed by atoms with van der Waals surface area (Å²) in [5, 5.41) is 2.96. The molecular weight excluding hydrogens is 294 g/mol. The molecule has 0 unspecified atom stereocenters. The molecule has 0 aliphatic carbocycles. The fourth-order valence-corrected chi connectivity index (χ4v) is 4.41. The highest BCUT2D eigenvalue weighted by Crippen LogP contribution is 2.36. The van der Waals surface area contributed by atoms with Gasteiger partial charge in [-0.2, -0.15) is 0 Å². The van der Waals surface area contributed by atoms with Crippen molar-refractivity contribution in [2.45, 2.75) is 36.9 Å². The molecule has 100 valence electrons. The Balaban J connectivity index is 2.37. The van der Waals surface area contributed by atoms with Crippen LogP contribution in [0.3, 0.4) is 0 Å². The van der Waals surface area contributed by atoms with Gasteiger partial charge in [-0.05, 0) is 18.9 Å². The van der Waals surface area contributed by atoms with Crippen LogP contribution < -0.4 is 10.0 Å². The molecule has 5 nitrogen and oxygen atoms in total. The van der Waals surface area contributed by atoms with Crippen molar-refractivity contribution in [3.63, 3.8) is 0 Å². The van der Waals surface area contributed by atoms with Crippen molar-refractivity contribution in [1.29, 1.82) is 0 Å². The van der Waals surface area contributed by atoms with E-state index in [1.165, 1.54) is 0 Å². The Morgan fingerprint density at radius 1 is 1.44 bits per heavy atom. The summed E-state index contributed by atoms with van der Waals surface area (Å²) in [6, 6.07) is 1.70. The number of nitrogens with one attached hydrogen (secondary N) is 2. The first-order valence-electron chi connectivity index (χ1n) is 5.63. The number of anilines is 1. The average Bonchev–Trinajstić information content (AvgIpc) is 2.67. The van der Waals surface area contributed by atoms with E-state index < -0.39 is 10.0 Å². The molecule has 0 spiro atoms. The second kappa shape index (κ2) is 5.07. The molecule has 0 atom stereocenters. The van der Waals surface area contributed by atoms with Crippen molar-refractivity contribution in [2.75, 3.05) is 5.32 Å². The van der Waals surface area contributed by atoms with E-state index in [1.807, 2.05) is 13.8 Å². The zero-order chi connectivity index (χ0) is 13.3. The van der Waals surface area contributed by atoms with Gasteiger partial charge in [-0.1, -0.05) is 25.4 Å². The quantitative estimate of drug-likeness (QED) is 0.902. The van der Waals surface area contributed by atoms with Crippen LogP contribution in [0.1, 0.15) is 26.7 Å². The van der Waals surface area contributed by atoms with E-state index in [2.05, 4.69) is 15.0 Å². The third-order valence-electron chi connectivity index (χ3n) is 2.65. The third kappa shape index (κ3) is 2.62. The predicted octanol–water partition coefficient (Wildman–Crippen LogP) is 2.65. The molecule has 0 aromatic carbocycles. The van der Waals surface area contributed by atoms with Crippen LogP contribution in [-0.2, 0) is 10.0 Å². The maximum Gasteiger partial charge on any atom is 0.275 e. The van der Waals surface area contributed by atoms with Crippen molar-refractivity contribution in [1.82, 2.24) is 4.72 Å². The van der Waals surface area contributed by atoms with Gasteiger partial charge in [0, 0.05) is 0 Å². The van der Waals surface area contributed by atoms with Crippen LogP contribution in [0.2, 0.25) is 4.34 Å². The Kier molecular flexibility index (Phi) is 3.84. The van der Waals surface area contributed by atoms with Crippen LogP contribution in [0.4, 0.5) is 5.69 Å². The van der Waals surface area contributed by atoms with Gasteiger partial charge in [-0.25, -0.2) is 18.1 Å². The normalized spacial score (nSPS) is 19.4. The highest BCUT2D eigenvalue weighted by molar-refractivity contribution is 7.92. The van der Waals surface area contributed by atoms with Crippen LogP contribution in [0.5, 0.6) is 0 Å². The van der Waals surface area contributed by atoms with Gasteiger partial charge in [0.2, 0.25) is 5.96 Å². The molecule has 0 saturated heterocycles. The molecule has 0 saturated carbocycles. The minimum Gasteiger partial charge on any atom is -0.324 e. The maximum atomic E-state index is 12.0. The van der Waals surface area contributed by atoms with Crippen molar-refractivity contribution in [2.24, 2.45) is 4.99 Å². The molecule has 1 aromatic rings. The molecule has 8 heteroatoms. The van der Waals surface area contributed by atoms with Gasteiger partial charge in [0.15, 0.2) is 4.21 Å². The summed E-state index contributed by atoms with van der Waals surface area (Å²) in [7, 11) is -3.54. The van der Waals surface area contributed by atoms with E-state index in [0.717, 1.165) is 24.2 Å². The van der Waals surface area contributed by atoms with Gasteiger partial charge in [-0.15, -0.1) is 11.3 Å². The smallest absolute Gasteiger partial charge is 0.275 e. The van der Waals surface area contributed by atoms with Gasteiger partial charge in [0.05, 0.1) is 16.1 Å². The summed E-state index contributed by atoms with van der Waals surface area (Å²) in [6.07, 6.45) is 1.72. The number of fused-ring (bicyclic) bond motifs is 1.